The summed E-state index contributed by atoms with van der Waals surface area (Å²) in [5.74, 6) is 0.677. The van der Waals surface area contributed by atoms with Crippen molar-refractivity contribution in [3.8, 4) is 17.4 Å². The van der Waals surface area contributed by atoms with Crippen molar-refractivity contribution >= 4 is 39.9 Å². The molecule has 3 aromatic carbocycles. The van der Waals surface area contributed by atoms with Gasteiger partial charge in [0.05, 0.1) is 29.1 Å². The SMILES string of the molecule is CCOC(=O)c1ccc2c(C(=Nc3ccc(N(C)C(=O)CCN(C)C)cc3)c3ccc4c(c3)OCO4)c(O)[nH]c2c1. The molecule has 1 amide bonds. The van der Waals surface area contributed by atoms with Gasteiger partial charge in [-0.15, -0.1) is 0 Å². The second-order valence-electron chi connectivity index (χ2n) is 9.88. The van der Waals surface area contributed by atoms with Gasteiger partial charge in [0, 0.05) is 42.2 Å². The normalized spacial score (nSPS) is 12.7. The molecule has 0 unspecified atom stereocenters. The fourth-order valence-electron chi connectivity index (χ4n) is 4.58. The Kier molecular flexibility index (Phi) is 7.93. The summed E-state index contributed by atoms with van der Waals surface area (Å²) in [5.41, 5.74) is 3.94. The first kappa shape index (κ1) is 27.7. The molecule has 0 bridgehead atoms. The van der Waals surface area contributed by atoms with E-state index < -0.39 is 5.97 Å². The molecule has 5 rings (SSSR count). The molecule has 2 N–H and O–H groups in total. The summed E-state index contributed by atoms with van der Waals surface area (Å²) in [7, 11) is 5.62. The number of ether oxygens (including phenoxy) is 3. The van der Waals surface area contributed by atoms with Crippen molar-refractivity contribution in [2.75, 3.05) is 46.0 Å². The van der Waals surface area contributed by atoms with Gasteiger partial charge in [0.2, 0.25) is 12.7 Å². The van der Waals surface area contributed by atoms with Crippen molar-refractivity contribution in [3.63, 3.8) is 0 Å². The smallest absolute Gasteiger partial charge is 0.338 e. The number of aromatic nitrogens is 1. The Morgan fingerprint density at radius 1 is 0.976 bits per heavy atom. The lowest BCUT2D eigenvalue weighted by Gasteiger charge is -2.19. The highest BCUT2D eigenvalue weighted by atomic mass is 16.7. The number of carbonyl (C=O) groups is 2. The third-order valence-electron chi connectivity index (χ3n) is 6.80. The highest BCUT2D eigenvalue weighted by molar-refractivity contribution is 6.22. The van der Waals surface area contributed by atoms with Crippen LogP contribution in [-0.2, 0) is 9.53 Å². The minimum Gasteiger partial charge on any atom is -0.494 e. The highest BCUT2D eigenvalue weighted by Crippen LogP contribution is 2.37. The number of aromatic hydroxyl groups is 1. The molecule has 0 saturated heterocycles. The summed E-state index contributed by atoms with van der Waals surface area (Å²) in [6, 6.07) is 17.8. The van der Waals surface area contributed by atoms with Crippen molar-refractivity contribution in [2.24, 2.45) is 4.99 Å². The third-order valence-corrected chi connectivity index (χ3v) is 6.80. The van der Waals surface area contributed by atoms with Gasteiger partial charge in [-0.05, 0) is 75.6 Å². The molecule has 0 radical (unpaired) electrons. The third kappa shape index (κ3) is 5.87. The van der Waals surface area contributed by atoms with Gasteiger partial charge < -0.3 is 34.1 Å². The van der Waals surface area contributed by atoms with Gasteiger partial charge in [-0.3, -0.25) is 4.79 Å². The minimum absolute atomic E-state index is 0.0157. The Labute approximate surface area is 237 Å². The average molecular weight is 557 g/mol. The van der Waals surface area contributed by atoms with Gasteiger partial charge in [-0.25, -0.2) is 9.79 Å². The number of hydrogen-bond donors (Lipinski definition) is 2. The van der Waals surface area contributed by atoms with Crippen LogP contribution < -0.4 is 14.4 Å². The number of nitrogens with one attached hydrogen (secondary N) is 1. The average Bonchev–Trinajstić information content (AvgIpc) is 3.57. The zero-order chi connectivity index (χ0) is 29.1. The van der Waals surface area contributed by atoms with E-state index in [1.54, 1.807) is 43.1 Å². The molecule has 1 aromatic heterocycles. The highest BCUT2D eigenvalue weighted by Gasteiger charge is 2.23. The largest absolute Gasteiger partial charge is 0.494 e. The van der Waals surface area contributed by atoms with Crippen molar-refractivity contribution in [1.29, 1.82) is 0 Å². The number of aliphatic imine (C=N–C) groups is 1. The fraction of sp³-hybridized carbons (Fsp3) is 0.258. The van der Waals surface area contributed by atoms with E-state index in [9.17, 15) is 14.7 Å². The lowest BCUT2D eigenvalue weighted by Crippen LogP contribution is -2.29. The van der Waals surface area contributed by atoms with Gasteiger partial charge in [0.15, 0.2) is 17.4 Å². The van der Waals surface area contributed by atoms with Crippen LogP contribution >= 0.6 is 0 Å². The van der Waals surface area contributed by atoms with Crippen LogP contribution in [0.25, 0.3) is 10.9 Å². The second kappa shape index (κ2) is 11.7. The number of benzene rings is 3. The molecule has 1 aliphatic rings. The number of aromatic amines is 1. The summed E-state index contributed by atoms with van der Waals surface area (Å²) in [6.07, 6.45) is 0.412. The van der Waals surface area contributed by atoms with Gasteiger partial charge in [-0.2, -0.15) is 0 Å². The predicted octanol–water partition coefficient (Wildman–Crippen LogP) is 4.86. The summed E-state index contributed by atoms with van der Waals surface area (Å²) in [4.78, 5) is 36.4. The molecule has 0 aliphatic carbocycles. The van der Waals surface area contributed by atoms with Crippen LogP contribution in [-0.4, -0.2) is 73.7 Å². The molecule has 0 atom stereocenters. The van der Waals surface area contributed by atoms with E-state index in [0.29, 0.717) is 63.5 Å². The van der Waals surface area contributed by atoms with Crippen LogP contribution in [0.3, 0.4) is 0 Å². The quantitative estimate of drug-likeness (QED) is 0.223. The monoisotopic (exact) mass is 556 g/mol. The van der Waals surface area contributed by atoms with E-state index in [0.717, 1.165) is 5.69 Å². The van der Waals surface area contributed by atoms with Crippen LogP contribution in [0.2, 0.25) is 0 Å². The van der Waals surface area contributed by atoms with E-state index in [-0.39, 0.29) is 25.2 Å². The second-order valence-corrected chi connectivity index (χ2v) is 9.88. The van der Waals surface area contributed by atoms with Crippen LogP contribution in [0.4, 0.5) is 11.4 Å². The minimum atomic E-state index is -0.444. The summed E-state index contributed by atoms with van der Waals surface area (Å²) >= 11 is 0. The molecular weight excluding hydrogens is 524 g/mol. The number of esters is 1. The van der Waals surface area contributed by atoms with Gasteiger partial charge in [0.1, 0.15) is 0 Å². The van der Waals surface area contributed by atoms with E-state index in [4.69, 9.17) is 19.2 Å². The molecule has 1 aliphatic heterocycles. The lowest BCUT2D eigenvalue weighted by atomic mass is 9.99. The Morgan fingerprint density at radius 2 is 1.71 bits per heavy atom. The maximum absolute atomic E-state index is 12.6. The summed E-state index contributed by atoms with van der Waals surface area (Å²) in [6.45, 7) is 2.80. The zero-order valence-corrected chi connectivity index (χ0v) is 23.4. The number of anilines is 1. The standard InChI is InChI=1S/C31H32N4O6/c1-5-39-31(38)20-6-12-23-24(16-20)33-30(37)28(23)29(19-7-13-25-26(17-19)41-18-40-25)32-21-8-10-22(11-9-21)35(4)27(36)14-15-34(2)3/h6-13,16-17,33,37H,5,14-15,18H2,1-4H3. The molecular formula is C31H32N4O6. The number of rotatable bonds is 9. The number of fused-ring (bicyclic) bond motifs is 2. The van der Waals surface area contributed by atoms with E-state index in [1.807, 2.05) is 55.4 Å². The number of nitrogens with zero attached hydrogens (tertiary/aromatic N) is 3. The maximum atomic E-state index is 12.6. The van der Waals surface area contributed by atoms with Crippen LogP contribution in [0, 0.1) is 0 Å². The van der Waals surface area contributed by atoms with E-state index in [1.165, 1.54) is 0 Å². The van der Waals surface area contributed by atoms with E-state index >= 15 is 0 Å². The first-order chi connectivity index (χ1) is 19.7. The Hall–Kier alpha value is -4.83. The first-order valence-electron chi connectivity index (χ1n) is 13.3. The van der Waals surface area contributed by atoms with Crippen molar-refractivity contribution in [1.82, 2.24) is 9.88 Å². The molecule has 4 aromatic rings. The molecule has 212 valence electrons. The Morgan fingerprint density at radius 3 is 2.44 bits per heavy atom. The van der Waals surface area contributed by atoms with E-state index in [2.05, 4.69) is 4.98 Å². The van der Waals surface area contributed by atoms with Crippen LogP contribution in [0.1, 0.15) is 34.8 Å². The number of carbonyl (C=O) groups excluding carboxylic acids is 2. The number of hydrogen-bond acceptors (Lipinski definition) is 8. The molecule has 10 heteroatoms. The zero-order valence-electron chi connectivity index (χ0n) is 23.4. The van der Waals surface area contributed by atoms with Gasteiger partial charge in [-0.1, -0.05) is 6.07 Å². The molecule has 0 fully saturated rings. The summed E-state index contributed by atoms with van der Waals surface area (Å²) in [5, 5.41) is 11.8. The molecule has 41 heavy (non-hydrogen) atoms. The number of H-pyrrole nitrogens is 1. The molecule has 0 saturated carbocycles. The Balaban J connectivity index is 1.55. The van der Waals surface area contributed by atoms with Crippen molar-refractivity contribution in [2.45, 2.75) is 13.3 Å². The van der Waals surface area contributed by atoms with Crippen molar-refractivity contribution < 1.29 is 28.9 Å². The maximum Gasteiger partial charge on any atom is 0.338 e. The van der Waals surface area contributed by atoms with Crippen molar-refractivity contribution in [3.05, 3.63) is 77.4 Å². The first-order valence-corrected chi connectivity index (χ1v) is 13.3. The summed E-state index contributed by atoms with van der Waals surface area (Å²) < 4.78 is 16.2. The molecule has 0 spiro atoms. The lowest BCUT2D eigenvalue weighted by molar-refractivity contribution is -0.118. The van der Waals surface area contributed by atoms with Gasteiger partial charge in [0.25, 0.3) is 0 Å². The van der Waals surface area contributed by atoms with Gasteiger partial charge >= 0.3 is 5.97 Å². The number of amides is 1. The fourth-order valence-corrected chi connectivity index (χ4v) is 4.58. The van der Waals surface area contributed by atoms with Crippen LogP contribution in [0.15, 0.2) is 65.7 Å². The molecule has 2 heterocycles. The topological polar surface area (TPSA) is 117 Å². The Bertz CT molecular complexity index is 1620. The predicted molar refractivity (Wildman–Crippen MR) is 157 cm³/mol. The molecule has 10 nitrogen and oxygen atoms in total. The van der Waals surface area contributed by atoms with Crippen LogP contribution in [0.5, 0.6) is 17.4 Å².